The van der Waals surface area contributed by atoms with E-state index in [1.165, 1.54) is 33.4 Å². The molecule has 210 valence electrons. The van der Waals surface area contributed by atoms with Crippen LogP contribution in [-0.4, -0.2) is 0 Å². The van der Waals surface area contributed by atoms with Gasteiger partial charge >= 0.3 is 0 Å². The molecule has 0 bridgehead atoms. The summed E-state index contributed by atoms with van der Waals surface area (Å²) in [4.78, 5) is 0. The summed E-state index contributed by atoms with van der Waals surface area (Å²) in [5, 5.41) is 0. The first-order valence-corrected chi connectivity index (χ1v) is 15.0. The lowest BCUT2D eigenvalue weighted by Crippen LogP contribution is -2.56. The van der Waals surface area contributed by atoms with Gasteiger partial charge in [-0.25, -0.2) is 0 Å². The molecule has 0 saturated carbocycles. The molecule has 0 fully saturated rings. The Hall–Kier alpha value is -2.60. The number of benzene rings is 2. The molecular formula is C39H54. The number of rotatable bonds is 12. The number of hydrogen-bond acceptors (Lipinski definition) is 0. The van der Waals surface area contributed by atoms with Crippen molar-refractivity contribution in [1.82, 2.24) is 0 Å². The summed E-state index contributed by atoms with van der Waals surface area (Å²) < 4.78 is 0. The molecule has 2 aromatic rings. The first-order valence-electron chi connectivity index (χ1n) is 15.0. The summed E-state index contributed by atoms with van der Waals surface area (Å²) in [5.74, 6) is 0. The second-order valence-electron chi connectivity index (χ2n) is 14.2. The van der Waals surface area contributed by atoms with Crippen LogP contribution < -0.4 is 0 Å². The maximum Gasteiger partial charge on any atom is 0.0322 e. The molecule has 0 N–H and O–H groups in total. The average molecular weight is 523 g/mol. The lowest BCUT2D eigenvalue weighted by molar-refractivity contribution is -0.0142. The summed E-state index contributed by atoms with van der Waals surface area (Å²) in [6.45, 7) is 32.1. The van der Waals surface area contributed by atoms with Gasteiger partial charge in [-0.15, -0.1) is 0 Å². The molecule has 0 heteroatoms. The number of fused-ring (bicyclic) bond motifs is 3. The molecule has 0 aromatic heterocycles. The quantitative estimate of drug-likeness (QED) is 0.243. The van der Waals surface area contributed by atoms with Crippen LogP contribution in [0.2, 0.25) is 0 Å². The zero-order valence-corrected chi connectivity index (χ0v) is 26.7. The topological polar surface area (TPSA) is 0 Å². The van der Waals surface area contributed by atoms with E-state index in [9.17, 15) is 0 Å². The van der Waals surface area contributed by atoms with E-state index in [1.807, 2.05) is 12.2 Å². The van der Waals surface area contributed by atoms with Crippen molar-refractivity contribution < 1.29 is 0 Å². The van der Waals surface area contributed by atoms with Crippen molar-refractivity contribution >= 4 is 0 Å². The number of hydrogen-bond donors (Lipinski definition) is 0. The Morgan fingerprint density at radius 3 is 1.31 bits per heavy atom. The predicted octanol–water partition coefficient (Wildman–Crippen LogP) is 11.7. The Bertz CT molecular complexity index is 1160. The summed E-state index contributed by atoms with van der Waals surface area (Å²) in [5.41, 5.74) is 8.47. The van der Waals surface area contributed by atoms with Crippen molar-refractivity contribution in [2.24, 2.45) is 21.7 Å². The molecule has 1 aliphatic rings. The van der Waals surface area contributed by atoms with E-state index in [2.05, 4.69) is 143 Å². The Balaban J connectivity index is 2.53. The zero-order chi connectivity index (χ0) is 29.3. The van der Waals surface area contributed by atoms with Gasteiger partial charge in [0.1, 0.15) is 0 Å². The Morgan fingerprint density at radius 1 is 0.641 bits per heavy atom. The molecule has 0 aliphatic heterocycles. The van der Waals surface area contributed by atoms with Crippen molar-refractivity contribution in [2.75, 3.05) is 0 Å². The van der Waals surface area contributed by atoms with E-state index in [0.29, 0.717) is 0 Å². The fourth-order valence-corrected chi connectivity index (χ4v) is 8.41. The third-order valence-corrected chi connectivity index (χ3v) is 9.88. The third kappa shape index (κ3) is 5.41. The highest BCUT2D eigenvalue weighted by Crippen LogP contribution is 2.70. The van der Waals surface area contributed by atoms with Gasteiger partial charge in [-0.2, -0.15) is 0 Å². The SMILES string of the molecule is C=C/C=C/C(C)(C)CC(C)(CC)C1(C(C)(CC)CC(C)(C)/C=C/C=C)c2cc(C)ccc2-c2ccc(C)cc21. The second-order valence-corrected chi connectivity index (χ2v) is 14.2. The van der Waals surface area contributed by atoms with Crippen LogP contribution in [0.5, 0.6) is 0 Å². The summed E-state index contributed by atoms with van der Waals surface area (Å²) in [6, 6.07) is 14.5. The normalized spacial score (nSPS) is 18.0. The van der Waals surface area contributed by atoms with E-state index in [-0.39, 0.29) is 27.1 Å². The molecule has 0 heterocycles. The maximum absolute atomic E-state index is 3.97. The van der Waals surface area contributed by atoms with Crippen LogP contribution in [0.4, 0.5) is 0 Å². The van der Waals surface area contributed by atoms with E-state index in [0.717, 1.165) is 25.7 Å². The molecule has 2 atom stereocenters. The fourth-order valence-electron chi connectivity index (χ4n) is 8.41. The van der Waals surface area contributed by atoms with Crippen molar-refractivity contribution in [1.29, 1.82) is 0 Å². The minimum atomic E-state index is -0.162. The van der Waals surface area contributed by atoms with Crippen LogP contribution in [0.1, 0.15) is 103 Å². The third-order valence-electron chi connectivity index (χ3n) is 9.88. The van der Waals surface area contributed by atoms with Crippen LogP contribution in [0.25, 0.3) is 11.1 Å². The smallest absolute Gasteiger partial charge is 0.0322 e. The van der Waals surface area contributed by atoms with E-state index >= 15 is 0 Å². The highest BCUT2D eigenvalue weighted by Gasteiger charge is 2.64. The number of aryl methyl sites for hydroxylation is 2. The van der Waals surface area contributed by atoms with Gasteiger partial charge in [0.25, 0.3) is 0 Å². The van der Waals surface area contributed by atoms with Gasteiger partial charge in [-0.05, 0) is 83.4 Å². The molecular weight excluding hydrogens is 468 g/mol. The molecule has 2 aromatic carbocycles. The maximum atomic E-state index is 3.97. The average Bonchev–Trinajstić information content (AvgIpc) is 3.15. The minimum Gasteiger partial charge on any atom is -0.0991 e. The Morgan fingerprint density at radius 2 is 1.00 bits per heavy atom. The first-order chi connectivity index (χ1) is 18.2. The number of allylic oxidation sites excluding steroid dienone is 6. The van der Waals surface area contributed by atoms with Gasteiger partial charge in [-0.3, -0.25) is 0 Å². The lowest BCUT2D eigenvalue weighted by atomic mass is 9.42. The summed E-state index contributed by atoms with van der Waals surface area (Å²) >= 11 is 0. The van der Waals surface area contributed by atoms with Crippen LogP contribution in [0.3, 0.4) is 0 Å². The highest BCUT2D eigenvalue weighted by molar-refractivity contribution is 5.83. The minimum absolute atomic E-state index is 0.00735. The monoisotopic (exact) mass is 522 g/mol. The molecule has 0 saturated heterocycles. The molecule has 0 amide bonds. The molecule has 0 nitrogen and oxygen atoms in total. The Kier molecular flexibility index (Phi) is 8.81. The van der Waals surface area contributed by atoms with E-state index < -0.39 is 0 Å². The van der Waals surface area contributed by atoms with Crippen molar-refractivity contribution in [3.05, 3.63) is 108 Å². The Labute approximate surface area is 241 Å². The van der Waals surface area contributed by atoms with Crippen LogP contribution >= 0.6 is 0 Å². The van der Waals surface area contributed by atoms with E-state index in [4.69, 9.17) is 0 Å². The van der Waals surface area contributed by atoms with Gasteiger partial charge in [-0.1, -0.05) is 153 Å². The van der Waals surface area contributed by atoms with Gasteiger partial charge in [0.05, 0.1) is 0 Å². The fraction of sp³-hybridized carbons (Fsp3) is 0.487. The van der Waals surface area contributed by atoms with Gasteiger partial charge in [0, 0.05) is 5.41 Å². The van der Waals surface area contributed by atoms with Crippen molar-refractivity contribution in [3.8, 4) is 11.1 Å². The van der Waals surface area contributed by atoms with Crippen LogP contribution in [0, 0.1) is 35.5 Å². The highest BCUT2D eigenvalue weighted by atomic mass is 14.7. The van der Waals surface area contributed by atoms with Gasteiger partial charge in [0.2, 0.25) is 0 Å². The van der Waals surface area contributed by atoms with Gasteiger partial charge in [0.15, 0.2) is 0 Å². The van der Waals surface area contributed by atoms with Crippen molar-refractivity contribution in [3.63, 3.8) is 0 Å². The largest absolute Gasteiger partial charge is 0.0991 e. The standard InChI is InChI=1S/C39H54/c1-13-17-23-35(7,8)27-37(11,15-3)39(38(12,16-4)28-36(9,10)24-18-14-2)33-25-29(5)19-21-31(33)32-22-20-30(6)26-34(32)39/h13-14,17-26H,1-2,15-16,27-28H2,3-12H3/b23-17+,24-18+. The van der Waals surface area contributed by atoms with Gasteiger partial charge < -0.3 is 0 Å². The molecule has 0 radical (unpaired) electrons. The van der Waals surface area contributed by atoms with Crippen LogP contribution in [-0.2, 0) is 5.41 Å². The first kappa shape index (κ1) is 30.9. The molecule has 0 spiro atoms. The zero-order valence-electron chi connectivity index (χ0n) is 26.7. The van der Waals surface area contributed by atoms with Crippen LogP contribution in [0.15, 0.2) is 86.0 Å². The summed E-state index contributed by atoms with van der Waals surface area (Å²) in [6.07, 6.45) is 17.2. The molecule has 2 unspecified atom stereocenters. The van der Waals surface area contributed by atoms with E-state index in [1.54, 1.807) is 0 Å². The molecule has 3 rings (SSSR count). The molecule has 39 heavy (non-hydrogen) atoms. The van der Waals surface area contributed by atoms with Crippen molar-refractivity contribution in [2.45, 2.75) is 100 Å². The molecule has 1 aliphatic carbocycles. The predicted molar refractivity (Wildman–Crippen MR) is 174 cm³/mol. The lowest BCUT2D eigenvalue weighted by Gasteiger charge is -2.61. The second kappa shape index (κ2) is 11.1. The summed E-state index contributed by atoms with van der Waals surface area (Å²) in [7, 11) is 0.